The number of sulfone groups is 1. The summed E-state index contributed by atoms with van der Waals surface area (Å²) >= 11 is 2.76. The molecule has 0 aromatic heterocycles. The van der Waals surface area contributed by atoms with E-state index in [1.54, 1.807) is 0 Å². The van der Waals surface area contributed by atoms with Crippen molar-refractivity contribution in [3.05, 3.63) is 52.5 Å². The van der Waals surface area contributed by atoms with Crippen molar-refractivity contribution in [2.45, 2.75) is 16.0 Å². The topological polar surface area (TPSA) is 80.3 Å². The second kappa shape index (κ2) is 6.61. The summed E-state index contributed by atoms with van der Waals surface area (Å²) in [7, 11) is -7.91. The first kappa shape index (κ1) is 19.7. The molecule has 25 heavy (non-hydrogen) atoms. The van der Waals surface area contributed by atoms with Gasteiger partial charge in [-0.15, -0.1) is 0 Å². The Morgan fingerprint density at radius 3 is 2.12 bits per heavy atom. The van der Waals surface area contributed by atoms with Crippen LogP contribution in [0.25, 0.3) is 0 Å². The maximum Gasteiger partial charge on any atom is 0.417 e. The zero-order valence-corrected chi connectivity index (χ0v) is 15.7. The van der Waals surface area contributed by atoms with Crippen LogP contribution in [0.5, 0.6) is 0 Å². The third kappa shape index (κ3) is 4.73. The average Bonchev–Trinajstić information content (AvgIpc) is 2.47. The molecule has 0 heterocycles. The molecule has 2 aromatic carbocycles. The number of nitrogens with one attached hydrogen (secondary N) is 1. The molecular formula is C14H11BrF3NO4S2. The Morgan fingerprint density at radius 1 is 0.960 bits per heavy atom. The lowest BCUT2D eigenvalue weighted by Crippen LogP contribution is -2.15. The molecule has 2 aromatic rings. The molecule has 0 radical (unpaired) electrons. The van der Waals surface area contributed by atoms with E-state index in [1.165, 1.54) is 12.1 Å². The van der Waals surface area contributed by atoms with Gasteiger partial charge in [-0.05, 0) is 36.4 Å². The largest absolute Gasteiger partial charge is 0.417 e. The summed E-state index contributed by atoms with van der Waals surface area (Å²) in [4.78, 5) is -0.603. The fourth-order valence-electron chi connectivity index (χ4n) is 1.89. The Kier molecular flexibility index (Phi) is 5.22. The van der Waals surface area contributed by atoms with Crippen molar-refractivity contribution in [3.8, 4) is 0 Å². The highest BCUT2D eigenvalue weighted by molar-refractivity contribution is 9.10. The minimum absolute atomic E-state index is 0.220. The average molecular weight is 458 g/mol. The summed E-state index contributed by atoms with van der Waals surface area (Å²) in [6.45, 7) is 0. The second-order valence-electron chi connectivity index (χ2n) is 5.04. The van der Waals surface area contributed by atoms with E-state index in [1.807, 2.05) is 4.72 Å². The van der Waals surface area contributed by atoms with E-state index in [0.717, 1.165) is 30.5 Å². The van der Waals surface area contributed by atoms with Crippen LogP contribution in [0.1, 0.15) is 5.56 Å². The Hall–Kier alpha value is -1.59. The van der Waals surface area contributed by atoms with Gasteiger partial charge in [0.2, 0.25) is 0 Å². The van der Waals surface area contributed by atoms with E-state index in [0.29, 0.717) is 6.07 Å². The van der Waals surface area contributed by atoms with Crippen LogP contribution in [-0.4, -0.2) is 23.1 Å². The molecule has 136 valence electrons. The molecule has 0 saturated heterocycles. The molecule has 0 aliphatic heterocycles. The predicted octanol–water partition coefficient (Wildman–Crippen LogP) is 3.67. The van der Waals surface area contributed by atoms with Gasteiger partial charge in [-0.3, -0.25) is 4.72 Å². The van der Waals surface area contributed by atoms with E-state index in [9.17, 15) is 30.0 Å². The summed E-state index contributed by atoms with van der Waals surface area (Å²) in [6.07, 6.45) is -3.76. The smallest absolute Gasteiger partial charge is 0.280 e. The van der Waals surface area contributed by atoms with Gasteiger partial charge in [-0.25, -0.2) is 16.8 Å². The number of benzene rings is 2. The molecule has 5 nitrogen and oxygen atoms in total. The van der Waals surface area contributed by atoms with Crippen molar-refractivity contribution >= 4 is 41.5 Å². The lowest BCUT2D eigenvalue weighted by Gasteiger charge is -2.13. The Labute approximate surface area is 151 Å². The van der Waals surface area contributed by atoms with Gasteiger partial charge in [-0.2, -0.15) is 13.2 Å². The van der Waals surface area contributed by atoms with Crippen LogP contribution < -0.4 is 4.72 Å². The molecule has 0 atom stereocenters. The molecule has 0 unspecified atom stereocenters. The van der Waals surface area contributed by atoms with Crippen LogP contribution in [0, 0.1) is 0 Å². The number of hydrogen-bond donors (Lipinski definition) is 1. The first-order valence-corrected chi connectivity index (χ1v) is 10.7. The highest BCUT2D eigenvalue weighted by Gasteiger charge is 2.33. The zero-order chi connectivity index (χ0) is 19.0. The van der Waals surface area contributed by atoms with E-state index >= 15 is 0 Å². The number of alkyl halides is 3. The minimum Gasteiger partial charge on any atom is -0.280 e. The normalized spacial score (nSPS) is 12.8. The molecule has 0 amide bonds. The molecule has 0 fully saturated rings. The highest BCUT2D eigenvalue weighted by atomic mass is 79.9. The van der Waals surface area contributed by atoms with Crippen LogP contribution in [0.15, 0.2) is 56.7 Å². The van der Waals surface area contributed by atoms with Crippen LogP contribution >= 0.6 is 15.9 Å². The third-order valence-electron chi connectivity index (χ3n) is 3.07. The summed E-state index contributed by atoms with van der Waals surface area (Å²) < 4.78 is 88.1. The maximum absolute atomic E-state index is 12.9. The van der Waals surface area contributed by atoms with Crippen molar-refractivity contribution in [2.75, 3.05) is 11.0 Å². The van der Waals surface area contributed by atoms with E-state index < -0.39 is 31.6 Å². The van der Waals surface area contributed by atoms with Gasteiger partial charge in [0.05, 0.1) is 15.4 Å². The van der Waals surface area contributed by atoms with Gasteiger partial charge in [0.15, 0.2) is 9.84 Å². The van der Waals surface area contributed by atoms with Crippen molar-refractivity contribution in [2.24, 2.45) is 0 Å². The molecule has 1 N–H and O–H groups in total. The van der Waals surface area contributed by atoms with E-state index in [-0.39, 0.29) is 20.0 Å². The molecule has 11 heteroatoms. The van der Waals surface area contributed by atoms with Crippen molar-refractivity contribution in [1.82, 2.24) is 0 Å². The van der Waals surface area contributed by atoms with Gasteiger partial charge in [0, 0.05) is 16.4 Å². The number of anilines is 1. The summed E-state index contributed by atoms with van der Waals surface area (Å²) in [5, 5.41) is 0. The second-order valence-corrected chi connectivity index (χ2v) is 9.60. The lowest BCUT2D eigenvalue weighted by molar-refractivity contribution is -0.138. The van der Waals surface area contributed by atoms with Crippen LogP contribution in [0.2, 0.25) is 0 Å². The number of halogens is 4. The van der Waals surface area contributed by atoms with E-state index in [4.69, 9.17) is 0 Å². The Bertz CT molecular complexity index is 1020. The SMILES string of the molecule is CS(=O)(=O)c1cccc(S(=O)(=O)Nc2ccc(Br)c(C(F)(F)F)c2)c1. The quantitative estimate of drug-likeness (QED) is 0.759. The number of rotatable bonds is 4. The van der Waals surface area contributed by atoms with E-state index in [2.05, 4.69) is 15.9 Å². The molecule has 0 saturated carbocycles. The monoisotopic (exact) mass is 457 g/mol. The van der Waals surface area contributed by atoms with Crippen molar-refractivity contribution < 1.29 is 30.0 Å². The third-order valence-corrected chi connectivity index (χ3v) is 6.25. The molecular weight excluding hydrogens is 447 g/mol. The highest BCUT2D eigenvalue weighted by Crippen LogP contribution is 2.36. The zero-order valence-electron chi connectivity index (χ0n) is 12.5. The van der Waals surface area contributed by atoms with Crippen LogP contribution in [-0.2, 0) is 26.0 Å². The Morgan fingerprint density at radius 2 is 1.56 bits per heavy atom. The molecule has 0 aliphatic carbocycles. The van der Waals surface area contributed by atoms with Crippen LogP contribution in [0.3, 0.4) is 0 Å². The number of hydrogen-bond acceptors (Lipinski definition) is 4. The number of sulfonamides is 1. The van der Waals surface area contributed by atoms with Gasteiger partial charge in [0.25, 0.3) is 10.0 Å². The first-order chi connectivity index (χ1) is 11.3. The molecule has 0 aliphatic rings. The summed E-state index contributed by atoms with van der Waals surface area (Å²) in [6, 6.07) is 7.37. The standard InChI is InChI=1S/C14H11BrF3NO4S2/c1-24(20,21)10-3-2-4-11(8-10)25(22,23)19-9-5-6-13(15)12(7-9)14(16,17)18/h2-8,19H,1H3. The molecule has 0 bridgehead atoms. The predicted molar refractivity (Wildman–Crippen MR) is 89.5 cm³/mol. The summed E-state index contributed by atoms with van der Waals surface area (Å²) in [5.41, 5.74) is -1.35. The fraction of sp³-hybridized carbons (Fsp3) is 0.143. The van der Waals surface area contributed by atoms with Gasteiger partial charge >= 0.3 is 6.18 Å². The first-order valence-electron chi connectivity index (χ1n) is 6.50. The maximum atomic E-state index is 12.9. The Balaban J connectivity index is 2.44. The van der Waals surface area contributed by atoms with Crippen LogP contribution in [0.4, 0.5) is 18.9 Å². The lowest BCUT2D eigenvalue weighted by atomic mass is 10.2. The minimum atomic E-state index is -4.67. The van der Waals surface area contributed by atoms with Gasteiger partial charge < -0.3 is 0 Å². The molecule has 2 rings (SSSR count). The van der Waals surface area contributed by atoms with Crippen molar-refractivity contribution in [1.29, 1.82) is 0 Å². The van der Waals surface area contributed by atoms with Gasteiger partial charge in [-0.1, -0.05) is 22.0 Å². The van der Waals surface area contributed by atoms with Crippen molar-refractivity contribution in [3.63, 3.8) is 0 Å². The molecule has 0 spiro atoms. The fourth-order valence-corrected chi connectivity index (χ4v) is 4.20. The summed E-state index contributed by atoms with van der Waals surface area (Å²) in [5.74, 6) is 0. The van der Waals surface area contributed by atoms with Gasteiger partial charge in [0.1, 0.15) is 0 Å².